The Hall–Kier alpha value is -1.46. The van der Waals surface area contributed by atoms with Crippen molar-refractivity contribution < 1.29 is 9.53 Å². The van der Waals surface area contributed by atoms with Gasteiger partial charge in [0.2, 0.25) is 0 Å². The maximum Gasteiger partial charge on any atom is 0.407 e. The van der Waals surface area contributed by atoms with Crippen LogP contribution in [0.15, 0.2) is 24.3 Å². The van der Waals surface area contributed by atoms with Crippen molar-refractivity contribution in [2.45, 2.75) is 32.4 Å². The lowest BCUT2D eigenvalue weighted by molar-refractivity contribution is 0.0526. The van der Waals surface area contributed by atoms with E-state index in [0.29, 0.717) is 18.1 Å². The molecule has 0 radical (unpaired) electrons. The largest absolute Gasteiger partial charge is 0.444 e. The molecule has 0 bridgehead atoms. The second-order valence-electron chi connectivity index (χ2n) is 5.47. The molecule has 1 atom stereocenters. The van der Waals surface area contributed by atoms with Gasteiger partial charge in [0.1, 0.15) is 5.60 Å². The molecule has 0 aromatic heterocycles. The fraction of sp³-hybridized carbons (Fsp3) is 0.500. The predicted octanol–water partition coefficient (Wildman–Crippen LogP) is 2.60. The Morgan fingerprint density at radius 3 is 2.45 bits per heavy atom. The summed E-state index contributed by atoms with van der Waals surface area (Å²) in [6.45, 7) is 6.23. The van der Waals surface area contributed by atoms with E-state index in [0.717, 1.165) is 5.69 Å². The first-order valence-electron chi connectivity index (χ1n) is 6.49. The number of hydrogen-bond donors (Lipinski definition) is 3. The van der Waals surface area contributed by atoms with Crippen molar-refractivity contribution in [3.63, 3.8) is 0 Å². The monoisotopic (exact) mass is 299 g/mol. The van der Waals surface area contributed by atoms with Gasteiger partial charge in [-0.05, 0) is 45.0 Å². The number of ether oxygens (including phenoxy) is 1. The molecule has 1 unspecified atom stereocenters. The zero-order chi connectivity index (χ0) is 15.2. The minimum atomic E-state index is -0.508. The second-order valence-corrected chi connectivity index (χ2v) is 5.90. The van der Waals surface area contributed by atoms with Crippen LogP contribution in [0.3, 0.4) is 0 Å². The number of nitrogens with two attached hydrogens (primary N) is 1. The molecule has 1 aromatic rings. The minimum Gasteiger partial charge on any atom is -0.444 e. The third-order valence-corrected chi connectivity index (χ3v) is 2.64. The van der Waals surface area contributed by atoms with Gasteiger partial charge in [0.15, 0.2) is 0 Å². The van der Waals surface area contributed by atoms with E-state index in [4.69, 9.17) is 22.1 Å². The van der Waals surface area contributed by atoms with E-state index in [-0.39, 0.29) is 6.04 Å². The molecule has 6 heteroatoms. The lowest BCUT2D eigenvalue weighted by atomic mass is 10.2. The van der Waals surface area contributed by atoms with Gasteiger partial charge in [-0.25, -0.2) is 4.79 Å². The molecule has 0 spiro atoms. The van der Waals surface area contributed by atoms with Crippen molar-refractivity contribution in [3.05, 3.63) is 29.3 Å². The summed E-state index contributed by atoms with van der Waals surface area (Å²) in [4.78, 5) is 11.6. The summed E-state index contributed by atoms with van der Waals surface area (Å²) in [7, 11) is 0. The molecule has 1 aromatic carbocycles. The van der Waals surface area contributed by atoms with Crippen molar-refractivity contribution in [1.82, 2.24) is 5.32 Å². The molecular weight excluding hydrogens is 278 g/mol. The molecule has 1 amide bonds. The van der Waals surface area contributed by atoms with E-state index in [2.05, 4.69) is 10.6 Å². The maximum atomic E-state index is 11.6. The number of rotatable bonds is 5. The number of amides is 1. The Kier molecular flexibility index (Phi) is 6.10. The highest BCUT2D eigenvalue weighted by atomic mass is 35.5. The van der Waals surface area contributed by atoms with E-state index >= 15 is 0 Å². The van der Waals surface area contributed by atoms with Crippen LogP contribution in [0.4, 0.5) is 10.5 Å². The summed E-state index contributed by atoms with van der Waals surface area (Å²) in [6.07, 6.45) is -0.450. The summed E-state index contributed by atoms with van der Waals surface area (Å²) in [5.74, 6) is 0. The standard InChI is InChI=1S/C14H22ClN3O2/c1-14(2,3)20-13(19)17-9-12(8-16)18-11-6-4-10(15)5-7-11/h4-7,12,18H,8-9,16H2,1-3H3,(H,17,19). The summed E-state index contributed by atoms with van der Waals surface area (Å²) in [5.41, 5.74) is 6.07. The molecule has 0 saturated carbocycles. The molecular formula is C14H22ClN3O2. The van der Waals surface area contributed by atoms with Crippen molar-refractivity contribution >= 4 is 23.4 Å². The van der Waals surface area contributed by atoms with Crippen molar-refractivity contribution in [1.29, 1.82) is 0 Å². The van der Waals surface area contributed by atoms with Gasteiger partial charge in [-0.2, -0.15) is 0 Å². The first-order valence-corrected chi connectivity index (χ1v) is 6.87. The van der Waals surface area contributed by atoms with E-state index < -0.39 is 11.7 Å². The fourth-order valence-corrected chi connectivity index (χ4v) is 1.62. The Labute approximate surface area is 124 Å². The highest BCUT2D eigenvalue weighted by Crippen LogP contribution is 2.14. The molecule has 0 aliphatic heterocycles. The zero-order valence-electron chi connectivity index (χ0n) is 12.1. The van der Waals surface area contributed by atoms with Gasteiger partial charge >= 0.3 is 6.09 Å². The molecule has 4 N–H and O–H groups in total. The zero-order valence-corrected chi connectivity index (χ0v) is 12.8. The molecule has 0 fully saturated rings. The van der Waals surface area contributed by atoms with Crippen LogP contribution in [-0.2, 0) is 4.74 Å². The van der Waals surface area contributed by atoms with Gasteiger partial charge in [-0.3, -0.25) is 0 Å². The SMILES string of the molecule is CC(C)(C)OC(=O)NCC(CN)Nc1ccc(Cl)cc1. The van der Waals surface area contributed by atoms with Crippen LogP contribution in [0.1, 0.15) is 20.8 Å². The topological polar surface area (TPSA) is 76.4 Å². The van der Waals surface area contributed by atoms with Crippen LogP contribution in [0.5, 0.6) is 0 Å². The van der Waals surface area contributed by atoms with Crippen LogP contribution < -0.4 is 16.4 Å². The van der Waals surface area contributed by atoms with Gasteiger partial charge < -0.3 is 21.1 Å². The Balaban J connectivity index is 2.43. The van der Waals surface area contributed by atoms with Crippen LogP contribution >= 0.6 is 11.6 Å². The number of alkyl carbamates (subject to hydrolysis) is 1. The lowest BCUT2D eigenvalue weighted by Crippen LogP contribution is -2.42. The minimum absolute atomic E-state index is 0.0799. The molecule has 0 aliphatic rings. The third kappa shape index (κ3) is 6.63. The average molecular weight is 300 g/mol. The molecule has 5 nitrogen and oxygen atoms in total. The maximum absolute atomic E-state index is 11.6. The van der Waals surface area contributed by atoms with Gasteiger partial charge in [0.25, 0.3) is 0 Å². The Morgan fingerprint density at radius 2 is 1.95 bits per heavy atom. The van der Waals surface area contributed by atoms with Crippen LogP contribution in [-0.4, -0.2) is 30.8 Å². The second kappa shape index (κ2) is 7.36. The van der Waals surface area contributed by atoms with Crippen LogP contribution in [0.25, 0.3) is 0 Å². The predicted molar refractivity (Wildman–Crippen MR) is 82.2 cm³/mol. The van der Waals surface area contributed by atoms with E-state index in [1.165, 1.54) is 0 Å². The fourth-order valence-electron chi connectivity index (χ4n) is 1.50. The molecule has 112 valence electrons. The number of carbonyl (C=O) groups excluding carboxylic acids is 1. The van der Waals surface area contributed by atoms with Crippen LogP contribution in [0.2, 0.25) is 5.02 Å². The first-order chi connectivity index (χ1) is 9.30. The quantitative estimate of drug-likeness (QED) is 0.781. The summed E-state index contributed by atoms with van der Waals surface area (Å²) in [5, 5.41) is 6.59. The van der Waals surface area contributed by atoms with Gasteiger partial charge in [-0.1, -0.05) is 11.6 Å². The average Bonchev–Trinajstić information content (AvgIpc) is 2.34. The van der Waals surface area contributed by atoms with E-state index in [1.54, 1.807) is 12.1 Å². The van der Waals surface area contributed by atoms with Crippen molar-refractivity contribution in [2.24, 2.45) is 5.73 Å². The van der Waals surface area contributed by atoms with Gasteiger partial charge in [-0.15, -0.1) is 0 Å². The number of nitrogens with one attached hydrogen (secondary N) is 2. The molecule has 20 heavy (non-hydrogen) atoms. The van der Waals surface area contributed by atoms with Gasteiger partial charge in [0, 0.05) is 23.8 Å². The van der Waals surface area contributed by atoms with E-state index in [9.17, 15) is 4.79 Å². The van der Waals surface area contributed by atoms with Crippen LogP contribution in [0, 0.1) is 0 Å². The number of benzene rings is 1. The smallest absolute Gasteiger partial charge is 0.407 e. The Bertz CT molecular complexity index is 429. The molecule has 1 rings (SSSR count). The number of carbonyl (C=O) groups is 1. The normalized spacial score (nSPS) is 12.7. The number of halogens is 1. The Morgan fingerprint density at radius 1 is 1.35 bits per heavy atom. The van der Waals surface area contributed by atoms with Crippen molar-refractivity contribution in [2.75, 3.05) is 18.4 Å². The third-order valence-electron chi connectivity index (χ3n) is 2.39. The highest BCUT2D eigenvalue weighted by Gasteiger charge is 2.17. The first kappa shape index (κ1) is 16.6. The molecule has 0 aliphatic carbocycles. The molecule has 0 saturated heterocycles. The lowest BCUT2D eigenvalue weighted by Gasteiger charge is -2.22. The van der Waals surface area contributed by atoms with Gasteiger partial charge in [0.05, 0.1) is 6.04 Å². The number of hydrogen-bond acceptors (Lipinski definition) is 4. The summed E-state index contributed by atoms with van der Waals surface area (Å²) in [6, 6.07) is 7.22. The van der Waals surface area contributed by atoms with E-state index in [1.807, 2.05) is 32.9 Å². The summed E-state index contributed by atoms with van der Waals surface area (Å²) < 4.78 is 5.16. The highest BCUT2D eigenvalue weighted by molar-refractivity contribution is 6.30. The molecule has 0 heterocycles. The summed E-state index contributed by atoms with van der Waals surface area (Å²) >= 11 is 5.82. The number of anilines is 1. The van der Waals surface area contributed by atoms with Crippen molar-refractivity contribution in [3.8, 4) is 0 Å².